The van der Waals surface area contributed by atoms with Gasteiger partial charge in [0.2, 0.25) is 5.91 Å². The van der Waals surface area contributed by atoms with Gasteiger partial charge < -0.3 is 10.2 Å². The van der Waals surface area contributed by atoms with Crippen molar-refractivity contribution in [3.8, 4) is 0 Å². The van der Waals surface area contributed by atoms with Crippen LogP contribution < -0.4 is 5.32 Å². The van der Waals surface area contributed by atoms with Gasteiger partial charge in [0.15, 0.2) is 0 Å². The van der Waals surface area contributed by atoms with Crippen molar-refractivity contribution in [1.29, 1.82) is 0 Å². The van der Waals surface area contributed by atoms with Crippen LogP contribution in [0.15, 0.2) is 30.3 Å². The number of hydrogen-bond donors (Lipinski definition) is 1. The van der Waals surface area contributed by atoms with Gasteiger partial charge in [0.25, 0.3) is 0 Å². The summed E-state index contributed by atoms with van der Waals surface area (Å²) in [6.45, 7) is 6.70. The molecule has 1 atom stereocenters. The average Bonchev–Trinajstić information content (AvgIpc) is 3.35. The number of piperidine rings is 1. The number of nitrogens with zero attached hydrogens (tertiary/aromatic N) is 2. The topological polar surface area (TPSA) is 35.6 Å². The highest BCUT2D eigenvalue weighted by Gasteiger charge is 2.51. The summed E-state index contributed by atoms with van der Waals surface area (Å²) in [5, 5.41) is 3.45. The molecular weight excluding hydrogens is 322 g/mol. The molecule has 1 N–H and O–H groups in total. The van der Waals surface area contributed by atoms with Crippen molar-refractivity contribution >= 4 is 5.91 Å². The quantitative estimate of drug-likeness (QED) is 0.882. The molecule has 2 saturated heterocycles. The normalized spacial score (nSPS) is 27.5. The predicted octanol–water partition coefficient (Wildman–Crippen LogP) is 2.99. The van der Waals surface area contributed by atoms with Crippen molar-refractivity contribution in [3.63, 3.8) is 0 Å². The summed E-state index contributed by atoms with van der Waals surface area (Å²) >= 11 is 0. The molecule has 1 saturated carbocycles. The Balaban J connectivity index is 1.47. The van der Waals surface area contributed by atoms with Crippen LogP contribution in [0.4, 0.5) is 0 Å². The molecule has 1 aromatic rings. The Morgan fingerprint density at radius 1 is 1.15 bits per heavy atom. The number of carbonyl (C=O) groups is 1. The highest BCUT2D eigenvalue weighted by Crippen LogP contribution is 2.47. The SMILES string of the molecule is CCCN1CC2(CCN(C)CC2)CC1C(=O)NC1(c2ccccc2)CC1. The number of rotatable bonds is 5. The number of amides is 1. The smallest absolute Gasteiger partial charge is 0.238 e. The maximum absolute atomic E-state index is 13.3. The summed E-state index contributed by atoms with van der Waals surface area (Å²) < 4.78 is 0. The largest absolute Gasteiger partial charge is 0.345 e. The minimum absolute atomic E-state index is 0.0551. The summed E-state index contributed by atoms with van der Waals surface area (Å²) in [4.78, 5) is 18.2. The van der Waals surface area contributed by atoms with E-state index in [2.05, 4.69) is 53.4 Å². The van der Waals surface area contributed by atoms with E-state index in [0.717, 1.165) is 38.8 Å². The third kappa shape index (κ3) is 3.41. The van der Waals surface area contributed by atoms with Crippen LogP contribution in [0.5, 0.6) is 0 Å². The Morgan fingerprint density at radius 3 is 2.46 bits per heavy atom. The van der Waals surface area contributed by atoms with Gasteiger partial charge in [-0.1, -0.05) is 37.3 Å². The van der Waals surface area contributed by atoms with Gasteiger partial charge in [0.05, 0.1) is 11.6 Å². The molecule has 0 radical (unpaired) electrons. The molecule has 2 heterocycles. The standard InChI is InChI=1S/C22H33N3O/c1-3-13-25-17-21(11-14-24(2)15-12-21)16-19(25)20(26)23-22(9-10-22)18-7-5-4-6-8-18/h4-8,19H,3,9-17H2,1-2H3,(H,23,26). The van der Waals surface area contributed by atoms with E-state index in [0.29, 0.717) is 5.41 Å². The van der Waals surface area contributed by atoms with Gasteiger partial charge in [-0.3, -0.25) is 9.69 Å². The minimum atomic E-state index is -0.0984. The van der Waals surface area contributed by atoms with Gasteiger partial charge >= 0.3 is 0 Å². The van der Waals surface area contributed by atoms with Crippen LogP contribution in [-0.2, 0) is 10.3 Å². The molecule has 3 fully saturated rings. The van der Waals surface area contributed by atoms with Crippen molar-refractivity contribution < 1.29 is 4.79 Å². The Hall–Kier alpha value is -1.39. The zero-order valence-corrected chi connectivity index (χ0v) is 16.3. The van der Waals surface area contributed by atoms with Crippen LogP contribution in [-0.4, -0.2) is 55.0 Å². The Kier molecular flexibility index (Phi) is 4.83. The van der Waals surface area contributed by atoms with Crippen LogP contribution in [0.1, 0.15) is 51.0 Å². The van der Waals surface area contributed by atoms with E-state index in [1.54, 1.807) is 0 Å². The molecule has 1 unspecified atom stereocenters. The van der Waals surface area contributed by atoms with Crippen molar-refractivity contribution in [2.75, 3.05) is 33.2 Å². The summed E-state index contributed by atoms with van der Waals surface area (Å²) in [5.41, 5.74) is 1.52. The van der Waals surface area contributed by atoms with E-state index in [1.807, 2.05) is 6.07 Å². The highest BCUT2D eigenvalue weighted by atomic mass is 16.2. The van der Waals surface area contributed by atoms with Crippen molar-refractivity contribution in [2.24, 2.45) is 5.41 Å². The second-order valence-corrected chi connectivity index (χ2v) is 8.93. The van der Waals surface area contributed by atoms with Crippen molar-refractivity contribution in [2.45, 2.75) is 57.0 Å². The van der Waals surface area contributed by atoms with Gasteiger partial charge in [0, 0.05) is 6.54 Å². The molecule has 3 aliphatic rings. The zero-order valence-electron chi connectivity index (χ0n) is 16.3. The Bertz CT molecular complexity index is 632. The van der Waals surface area contributed by atoms with Gasteiger partial charge in [-0.05, 0) is 76.2 Å². The van der Waals surface area contributed by atoms with E-state index in [1.165, 1.54) is 31.5 Å². The monoisotopic (exact) mass is 355 g/mol. The molecule has 26 heavy (non-hydrogen) atoms. The first kappa shape index (κ1) is 18.0. The molecule has 1 aliphatic carbocycles. The van der Waals surface area contributed by atoms with Gasteiger partial charge in [-0.15, -0.1) is 0 Å². The first-order chi connectivity index (χ1) is 12.6. The first-order valence-corrected chi connectivity index (χ1v) is 10.4. The van der Waals surface area contributed by atoms with Crippen LogP contribution in [0.25, 0.3) is 0 Å². The number of hydrogen-bond acceptors (Lipinski definition) is 3. The highest BCUT2D eigenvalue weighted by molar-refractivity contribution is 5.83. The summed E-state index contributed by atoms with van der Waals surface area (Å²) in [6.07, 6.45) is 6.76. The summed E-state index contributed by atoms with van der Waals surface area (Å²) in [6, 6.07) is 10.6. The molecule has 4 nitrogen and oxygen atoms in total. The molecule has 4 rings (SSSR count). The van der Waals surface area contributed by atoms with Crippen LogP contribution in [0.3, 0.4) is 0 Å². The molecule has 1 aromatic carbocycles. The minimum Gasteiger partial charge on any atom is -0.345 e. The van der Waals surface area contributed by atoms with Gasteiger partial charge in [-0.2, -0.15) is 0 Å². The molecule has 4 heteroatoms. The molecule has 1 spiro atoms. The molecule has 2 aliphatic heterocycles. The molecule has 0 bridgehead atoms. The average molecular weight is 356 g/mol. The number of carbonyl (C=O) groups excluding carboxylic acids is 1. The van der Waals surface area contributed by atoms with Crippen molar-refractivity contribution in [1.82, 2.24) is 15.1 Å². The predicted molar refractivity (Wildman–Crippen MR) is 105 cm³/mol. The van der Waals surface area contributed by atoms with E-state index in [4.69, 9.17) is 0 Å². The number of nitrogens with one attached hydrogen (secondary N) is 1. The van der Waals surface area contributed by atoms with Crippen molar-refractivity contribution in [3.05, 3.63) is 35.9 Å². The lowest BCUT2D eigenvalue weighted by Crippen LogP contribution is -2.47. The van der Waals surface area contributed by atoms with Crippen LogP contribution in [0, 0.1) is 5.41 Å². The Morgan fingerprint density at radius 2 is 1.85 bits per heavy atom. The fourth-order valence-corrected chi connectivity index (χ4v) is 5.07. The lowest BCUT2D eigenvalue weighted by Gasteiger charge is -2.37. The second-order valence-electron chi connectivity index (χ2n) is 8.93. The zero-order chi connectivity index (χ0) is 18.2. The lowest BCUT2D eigenvalue weighted by atomic mass is 9.76. The summed E-state index contributed by atoms with van der Waals surface area (Å²) in [7, 11) is 2.21. The lowest BCUT2D eigenvalue weighted by molar-refractivity contribution is -0.126. The third-order valence-corrected chi connectivity index (χ3v) is 6.91. The fourth-order valence-electron chi connectivity index (χ4n) is 5.07. The van der Waals surface area contributed by atoms with Gasteiger partial charge in [-0.25, -0.2) is 0 Å². The third-order valence-electron chi connectivity index (χ3n) is 6.91. The van der Waals surface area contributed by atoms with Crippen LogP contribution in [0.2, 0.25) is 0 Å². The van der Waals surface area contributed by atoms with Crippen LogP contribution >= 0.6 is 0 Å². The Labute approximate surface area is 157 Å². The number of benzene rings is 1. The fraction of sp³-hybridized carbons (Fsp3) is 0.682. The molecule has 1 amide bonds. The van der Waals surface area contributed by atoms with E-state index >= 15 is 0 Å². The molecule has 0 aromatic heterocycles. The maximum atomic E-state index is 13.3. The molecular formula is C22H33N3O. The summed E-state index contributed by atoms with van der Waals surface area (Å²) in [5.74, 6) is 0.260. The van der Waals surface area contributed by atoms with E-state index < -0.39 is 0 Å². The van der Waals surface area contributed by atoms with E-state index in [-0.39, 0.29) is 17.5 Å². The first-order valence-electron chi connectivity index (χ1n) is 10.4. The number of likely N-dealkylation sites (tertiary alicyclic amines) is 2. The molecule has 142 valence electrons. The second kappa shape index (κ2) is 6.97. The van der Waals surface area contributed by atoms with Gasteiger partial charge in [0.1, 0.15) is 0 Å². The van der Waals surface area contributed by atoms with E-state index in [9.17, 15) is 4.79 Å². The maximum Gasteiger partial charge on any atom is 0.238 e.